The Hall–Kier alpha value is -0.450. The topological polar surface area (TPSA) is 28.2 Å². The summed E-state index contributed by atoms with van der Waals surface area (Å²) >= 11 is 1.91. The smallest absolute Gasteiger partial charge is 0.107 e. The lowest BCUT2D eigenvalue weighted by atomic mass is 10.0. The molecular formula is C16H29N3S. The summed E-state index contributed by atoms with van der Waals surface area (Å²) in [5, 5.41) is 4.74. The standard InChI is InChI=1S/C16H29N3S/c1-5-17-9-14-16(12(2)3)18-15(20-14)11-19-8-6-7-13(4)10-19/h12-13,17H,5-11H2,1-4H3. The molecule has 1 aromatic heterocycles. The van der Waals surface area contributed by atoms with Gasteiger partial charge < -0.3 is 5.32 Å². The molecule has 0 spiro atoms. The Balaban J connectivity index is 2.03. The van der Waals surface area contributed by atoms with Gasteiger partial charge in [-0.05, 0) is 37.8 Å². The molecular weight excluding hydrogens is 266 g/mol. The van der Waals surface area contributed by atoms with Crippen molar-refractivity contribution in [2.24, 2.45) is 5.92 Å². The Morgan fingerprint density at radius 2 is 2.25 bits per heavy atom. The second kappa shape index (κ2) is 7.53. The lowest BCUT2D eigenvalue weighted by molar-refractivity contribution is 0.176. The van der Waals surface area contributed by atoms with E-state index in [1.807, 2.05) is 11.3 Å². The molecule has 3 nitrogen and oxygen atoms in total. The summed E-state index contributed by atoms with van der Waals surface area (Å²) in [7, 11) is 0. The third-order valence-electron chi connectivity index (χ3n) is 3.95. The third-order valence-corrected chi connectivity index (χ3v) is 5.01. The molecule has 0 bridgehead atoms. The van der Waals surface area contributed by atoms with E-state index in [1.54, 1.807) is 0 Å². The van der Waals surface area contributed by atoms with Gasteiger partial charge in [0.25, 0.3) is 0 Å². The average Bonchev–Trinajstić information content (AvgIpc) is 2.79. The fraction of sp³-hybridized carbons (Fsp3) is 0.812. The van der Waals surface area contributed by atoms with Crippen molar-refractivity contribution in [2.75, 3.05) is 19.6 Å². The van der Waals surface area contributed by atoms with Crippen molar-refractivity contribution in [1.82, 2.24) is 15.2 Å². The highest BCUT2D eigenvalue weighted by molar-refractivity contribution is 7.11. The van der Waals surface area contributed by atoms with Crippen LogP contribution in [0.5, 0.6) is 0 Å². The zero-order valence-electron chi connectivity index (χ0n) is 13.4. The van der Waals surface area contributed by atoms with Gasteiger partial charge in [-0.2, -0.15) is 0 Å². The minimum atomic E-state index is 0.522. The molecule has 1 aromatic rings. The predicted octanol–water partition coefficient (Wildman–Crippen LogP) is 3.61. The molecule has 1 atom stereocenters. The molecule has 1 aliphatic heterocycles. The van der Waals surface area contributed by atoms with Gasteiger partial charge in [0, 0.05) is 18.0 Å². The third kappa shape index (κ3) is 4.27. The van der Waals surface area contributed by atoms with Crippen molar-refractivity contribution in [2.45, 2.75) is 59.5 Å². The van der Waals surface area contributed by atoms with Gasteiger partial charge in [-0.3, -0.25) is 4.90 Å². The molecule has 0 amide bonds. The number of likely N-dealkylation sites (tertiary alicyclic amines) is 1. The van der Waals surface area contributed by atoms with Gasteiger partial charge in [-0.25, -0.2) is 4.98 Å². The first-order chi connectivity index (χ1) is 9.60. The zero-order chi connectivity index (χ0) is 14.5. The van der Waals surface area contributed by atoms with Gasteiger partial charge in [-0.1, -0.05) is 27.7 Å². The molecule has 1 aliphatic rings. The van der Waals surface area contributed by atoms with E-state index < -0.39 is 0 Å². The molecule has 0 aliphatic carbocycles. The molecule has 4 heteroatoms. The van der Waals surface area contributed by atoms with E-state index in [4.69, 9.17) is 4.98 Å². The van der Waals surface area contributed by atoms with Crippen molar-refractivity contribution in [1.29, 1.82) is 0 Å². The quantitative estimate of drug-likeness (QED) is 0.869. The predicted molar refractivity (Wildman–Crippen MR) is 87.3 cm³/mol. The van der Waals surface area contributed by atoms with Crippen molar-refractivity contribution in [3.8, 4) is 0 Å². The van der Waals surface area contributed by atoms with Crippen molar-refractivity contribution < 1.29 is 0 Å². The van der Waals surface area contributed by atoms with E-state index in [0.29, 0.717) is 5.92 Å². The second-order valence-electron chi connectivity index (χ2n) is 6.33. The number of nitrogens with zero attached hydrogens (tertiary/aromatic N) is 2. The van der Waals surface area contributed by atoms with Crippen LogP contribution in [0, 0.1) is 5.92 Å². The van der Waals surface area contributed by atoms with Gasteiger partial charge in [0.05, 0.1) is 12.2 Å². The molecule has 2 heterocycles. The fourth-order valence-electron chi connectivity index (χ4n) is 2.92. The Bertz CT molecular complexity index is 414. The lowest BCUT2D eigenvalue weighted by Crippen LogP contribution is -2.33. The first-order valence-corrected chi connectivity index (χ1v) is 8.83. The van der Waals surface area contributed by atoms with E-state index in [9.17, 15) is 0 Å². The van der Waals surface area contributed by atoms with E-state index in [-0.39, 0.29) is 0 Å². The van der Waals surface area contributed by atoms with E-state index >= 15 is 0 Å². The molecule has 1 N–H and O–H groups in total. The number of thiazole rings is 1. The summed E-state index contributed by atoms with van der Waals surface area (Å²) in [6.07, 6.45) is 2.73. The highest BCUT2D eigenvalue weighted by Gasteiger charge is 2.19. The normalized spacial score (nSPS) is 20.8. The van der Waals surface area contributed by atoms with Crippen LogP contribution in [0.1, 0.15) is 62.0 Å². The van der Waals surface area contributed by atoms with Crippen LogP contribution in [0.15, 0.2) is 0 Å². The maximum atomic E-state index is 4.92. The van der Waals surface area contributed by atoms with Crippen LogP contribution in [0.4, 0.5) is 0 Å². The molecule has 2 rings (SSSR count). The Morgan fingerprint density at radius 1 is 1.45 bits per heavy atom. The number of piperidine rings is 1. The van der Waals surface area contributed by atoms with Gasteiger partial charge in [0.1, 0.15) is 5.01 Å². The van der Waals surface area contributed by atoms with Crippen LogP contribution < -0.4 is 5.32 Å². The summed E-state index contributed by atoms with van der Waals surface area (Å²) in [6.45, 7) is 14.5. The minimum absolute atomic E-state index is 0.522. The molecule has 114 valence electrons. The molecule has 0 saturated carbocycles. The zero-order valence-corrected chi connectivity index (χ0v) is 14.2. The van der Waals surface area contributed by atoms with Crippen molar-refractivity contribution in [3.63, 3.8) is 0 Å². The van der Waals surface area contributed by atoms with Crippen LogP contribution in [0.25, 0.3) is 0 Å². The largest absolute Gasteiger partial charge is 0.312 e. The van der Waals surface area contributed by atoms with E-state index in [0.717, 1.165) is 25.6 Å². The van der Waals surface area contributed by atoms with Crippen LogP contribution in [0.3, 0.4) is 0 Å². The molecule has 0 radical (unpaired) electrons. The molecule has 1 unspecified atom stereocenters. The maximum absolute atomic E-state index is 4.92. The van der Waals surface area contributed by atoms with E-state index in [2.05, 4.69) is 37.9 Å². The number of hydrogen-bond acceptors (Lipinski definition) is 4. The molecule has 1 fully saturated rings. The van der Waals surface area contributed by atoms with Crippen molar-refractivity contribution >= 4 is 11.3 Å². The monoisotopic (exact) mass is 295 g/mol. The fourth-order valence-corrected chi connectivity index (χ4v) is 4.16. The van der Waals surface area contributed by atoms with Gasteiger partial charge >= 0.3 is 0 Å². The minimum Gasteiger partial charge on any atom is -0.312 e. The molecule has 1 saturated heterocycles. The SMILES string of the molecule is CCNCc1sc(CN2CCCC(C)C2)nc1C(C)C. The highest BCUT2D eigenvalue weighted by Crippen LogP contribution is 2.27. The van der Waals surface area contributed by atoms with Crippen LogP contribution in [-0.4, -0.2) is 29.5 Å². The van der Waals surface area contributed by atoms with Crippen molar-refractivity contribution in [3.05, 3.63) is 15.6 Å². The lowest BCUT2D eigenvalue weighted by Gasteiger charge is -2.29. The maximum Gasteiger partial charge on any atom is 0.107 e. The first kappa shape index (κ1) is 15.9. The summed E-state index contributed by atoms with van der Waals surface area (Å²) in [5.74, 6) is 1.36. The Labute approximate surface area is 127 Å². The van der Waals surface area contributed by atoms with Crippen LogP contribution in [-0.2, 0) is 13.1 Å². The second-order valence-corrected chi connectivity index (χ2v) is 7.50. The summed E-state index contributed by atoms with van der Waals surface area (Å²) in [6, 6.07) is 0. The van der Waals surface area contributed by atoms with Gasteiger partial charge in [0.2, 0.25) is 0 Å². The summed E-state index contributed by atoms with van der Waals surface area (Å²) in [5.41, 5.74) is 1.30. The first-order valence-electron chi connectivity index (χ1n) is 8.01. The van der Waals surface area contributed by atoms with Gasteiger partial charge in [0.15, 0.2) is 0 Å². The number of nitrogens with one attached hydrogen (secondary N) is 1. The van der Waals surface area contributed by atoms with Crippen LogP contribution in [0.2, 0.25) is 0 Å². The number of aromatic nitrogens is 1. The van der Waals surface area contributed by atoms with Crippen LogP contribution >= 0.6 is 11.3 Å². The summed E-state index contributed by atoms with van der Waals surface area (Å²) in [4.78, 5) is 8.93. The number of hydrogen-bond donors (Lipinski definition) is 1. The van der Waals surface area contributed by atoms with E-state index in [1.165, 1.54) is 41.5 Å². The average molecular weight is 295 g/mol. The van der Waals surface area contributed by atoms with Gasteiger partial charge in [-0.15, -0.1) is 11.3 Å². The molecule has 20 heavy (non-hydrogen) atoms. The Kier molecular flexibility index (Phi) is 6.00. The highest BCUT2D eigenvalue weighted by atomic mass is 32.1. The Morgan fingerprint density at radius 3 is 2.90 bits per heavy atom. The number of rotatable bonds is 6. The summed E-state index contributed by atoms with van der Waals surface area (Å²) < 4.78 is 0. The molecule has 0 aromatic carbocycles.